The highest BCUT2D eigenvalue weighted by Crippen LogP contribution is 2.31. The lowest BCUT2D eigenvalue weighted by molar-refractivity contribution is -0.123. The lowest BCUT2D eigenvalue weighted by Gasteiger charge is -2.27. The number of thioether (sulfide) groups is 1. The van der Waals surface area contributed by atoms with Gasteiger partial charge in [-0.1, -0.05) is 18.2 Å². The van der Waals surface area contributed by atoms with Crippen LogP contribution in [0.25, 0.3) is 0 Å². The first-order valence-electron chi connectivity index (χ1n) is 6.49. The molecule has 2 atom stereocenters. The van der Waals surface area contributed by atoms with Gasteiger partial charge in [0.2, 0.25) is 5.91 Å². The van der Waals surface area contributed by atoms with Crippen molar-refractivity contribution in [3.05, 3.63) is 29.8 Å². The second kappa shape index (κ2) is 6.82. The number of ether oxygens (including phenoxy) is 1. The van der Waals surface area contributed by atoms with E-state index in [1.807, 2.05) is 30.5 Å². The lowest BCUT2D eigenvalue weighted by atomic mass is 10.00. The van der Waals surface area contributed by atoms with Crippen molar-refractivity contribution in [2.24, 2.45) is 5.73 Å². The maximum atomic E-state index is 12.0. The third kappa shape index (κ3) is 3.64. The van der Waals surface area contributed by atoms with Gasteiger partial charge in [-0.15, -0.1) is 0 Å². The lowest BCUT2D eigenvalue weighted by Crippen LogP contribution is -2.43. The number of rotatable bonds is 5. The van der Waals surface area contributed by atoms with E-state index in [4.69, 9.17) is 10.5 Å². The summed E-state index contributed by atoms with van der Waals surface area (Å²) in [6.07, 6.45) is 3.51. The first-order valence-corrected chi connectivity index (χ1v) is 7.88. The van der Waals surface area contributed by atoms with Crippen LogP contribution >= 0.6 is 11.8 Å². The van der Waals surface area contributed by atoms with Gasteiger partial charge in [-0.05, 0) is 24.5 Å². The van der Waals surface area contributed by atoms with Gasteiger partial charge in [-0.2, -0.15) is 11.8 Å². The molecule has 0 fully saturated rings. The molecule has 1 amide bonds. The summed E-state index contributed by atoms with van der Waals surface area (Å²) in [5.41, 5.74) is 6.92. The Labute approximate surface area is 118 Å². The molecule has 0 aromatic heterocycles. The van der Waals surface area contributed by atoms with E-state index in [9.17, 15) is 4.79 Å². The molecule has 0 saturated carbocycles. The van der Waals surface area contributed by atoms with Gasteiger partial charge >= 0.3 is 0 Å². The molecule has 3 N–H and O–H groups in total. The molecular weight excluding hydrogens is 260 g/mol. The molecule has 0 spiro atoms. The molecule has 1 aliphatic heterocycles. The molecule has 5 heteroatoms. The van der Waals surface area contributed by atoms with Crippen LogP contribution < -0.4 is 15.8 Å². The highest BCUT2D eigenvalue weighted by Gasteiger charge is 2.24. The SMILES string of the molecule is CSCC[C@H](N)C(=O)NC1CCOc2ccccc21. The first kappa shape index (κ1) is 14.2. The Kier molecular flexibility index (Phi) is 5.10. The maximum absolute atomic E-state index is 12.0. The van der Waals surface area contributed by atoms with E-state index in [0.29, 0.717) is 13.0 Å². The Hall–Kier alpha value is -1.20. The van der Waals surface area contributed by atoms with Crippen LogP contribution in [0, 0.1) is 0 Å². The molecule has 0 bridgehead atoms. The van der Waals surface area contributed by atoms with Gasteiger partial charge in [0.15, 0.2) is 0 Å². The van der Waals surface area contributed by atoms with Crippen LogP contribution in [0.2, 0.25) is 0 Å². The summed E-state index contributed by atoms with van der Waals surface area (Å²) < 4.78 is 5.57. The first-order chi connectivity index (χ1) is 9.22. The van der Waals surface area contributed by atoms with Gasteiger partial charge < -0.3 is 15.8 Å². The Balaban J connectivity index is 1.98. The summed E-state index contributed by atoms with van der Waals surface area (Å²) in [7, 11) is 0. The summed E-state index contributed by atoms with van der Waals surface area (Å²) in [5, 5.41) is 3.03. The van der Waals surface area contributed by atoms with E-state index < -0.39 is 6.04 Å². The fourth-order valence-corrected chi connectivity index (χ4v) is 2.64. The predicted octanol–water partition coefficient (Wildman–Crippen LogP) is 1.71. The Morgan fingerprint density at radius 3 is 3.16 bits per heavy atom. The van der Waals surface area contributed by atoms with Crippen LogP contribution in [0.15, 0.2) is 24.3 Å². The minimum absolute atomic E-state index is 0.0118. The van der Waals surface area contributed by atoms with Gasteiger partial charge in [0.25, 0.3) is 0 Å². The number of carbonyl (C=O) groups excluding carboxylic acids is 1. The Bertz CT molecular complexity index is 439. The molecule has 0 aliphatic carbocycles. The molecule has 0 saturated heterocycles. The molecule has 104 valence electrons. The fraction of sp³-hybridized carbons (Fsp3) is 0.500. The number of para-hydroxylation sites is 1. The van der Waals surface area contributed by atoms with Crippen molar-refractivity contribution in [2.75, 3.05) is 18.6 Å². The van der Waals surface area contributed by atoms with Crippen molar-refractivity contribution in [1.82, 2.24) is 5.32 Å². The van der Waals surface area contributed by atoms with Crippen molar-refractivity contribution >= 4 is 17.7 Å². The topological polar surface area (TPSA) is 64.4 Å². The van der Waals surface area contributed by atoms with Crippen LogP contribution in [0.4, 0.5) is 0 Å². The smallest absolute Gasteiger partial charge is 0.237 e. The number of hydrogen-bond donors (Lipinski definition) is 2. The third-order valence-electron chi connectivity index (χ3n) is 3.24. The van der Waals surface area contributed by atoms with Crippen LogP contribution in [0.5, 0.6) is 5.75 Å². The van der Waals surface area contributed by atoms with Gasteiger partial charge in [-0.25, -0.2) is 0 Å². The van der Waals surface area contributed by atoms with E-state index in [1.54, 1.807) is 11.8 Å². The summed E-state index contributed by atoms with van der Waals surface area (Å²) in [6, 6.07) is 7.40. The van der Waals surface area contributed by atoms with E-state index in [2.05, 4.69) is 5.32 Å². The van der Waals surface area contributed by atoms with E-state index in [0.717, 1.165) is 23.5 Å². The van der Waals surface area contributed by atoms with Gasteiger partial charge in [0, 0.05) is 12.0 Å². The van der Waals surface area contributed by atoms with Crippen LogP contribution in [0.1, 0.15) is 24.4 Å². The number of nitrogens with two attached hydrogens (primary N) is 1. The van der Waals surface area contributed by atoms with Gasteiger partial charge in [0.1, 0.15) is 5.75 Å². The van der Waals surface area contributed by atoms with E-state index >= 15 is 0 Å². The number of fused-ring (bicyclic) bond motifs is 1. The molecule has 19 heavy (non-hydrogen) atoms. The Morgan fingerprint density at radius 1 is 1.58 bits per heavy atom. The highest BCUT2D eigenvalue weighted by atomic mass is 32.2. The third-order valence-corrected chi connectivity index (χ3v) is 3.89. The molecular formula is C14H20N2O2S. The number of carbonyl (C=O) groups is 1. The van der Waals surface area contributed by atoms with E-state index in [1.165, 1.54) is 0 Å². The Morgan fingerprint density at radius 2 is 2.37 bits per heavy atom. The molecule has 1 unspecified atom stereocenters. The fourth-order valence-electron chi connectivity index (χ4n) is 2.15. The zero-order chi connectivity index (χ0) is 13.7. The summed E-state index contributed by atoms with van der Waals surface area (Å²) in [4.78, 5) is 12.0. The molecule has 2 rings (SSSR count). The van der Waals surface area contributed by atoms with Crippen LogP contribution in [-0.2, 0) is 4.79 Å². The van der Waals surface area contributed by atoms with Crippen molar-refractivity contribution in [1.29, 1.82) is 0 Å². The second-order valence-electron chi connectivity index (χ2n) is 4.62. The van der Waals surface area contributed by atoms with Gasteiger partial charge in [0.05, 0.1) is 18.7 Å². The average Bonchev–Trinajstić information content (AvgIpc) is 2.45. The van der Waals surface area contributed by atoms with Crippen LogP contribution in [-0.4, -0.2) is 30.6 Å². The summed E-state index contributed by atoms with van der Waals surface area (Å²) >= 11 is 1.70. The largest absolute Gasteiger partial charge is 0.493 e. The molecule has 0 radical (unpaired) electrons. The number of benzene rings is 1. The van der Waals surface area contributed by atoms with E-state index in [-0.39, 0.29) is 11.9 Å². The van der Waals surface area contributed by atoms with Crippen molar-refractivity contribution in [3.8, 4) is 5.75 Å². The molecule has 1 heterocycles. The van der Waals surface area contributed by atoms with Crippen molar-refractivity contribution < 1.29 is 9.53 Å². The predicted molar refractivity (Wildman–Crippen MR) is 78.4 cm³/mol. The minimum Gasteiger partial charge on any atom is -0.493 e. The number of hydrogen-bond acceptors (Lipinski definition) is 4. The zero-order valence-electron chi connectivity index (χ0n) is 11.1. The molecule has 1 aromatic rings. The average molecular weight is 280 g/mol. The summed E-state index contributed by atoms with van der Waals surface area (Å²) in [5.74, 6) is 1.69. The number of nitrogens with one attached hydrogen (secondary N) is 1. The van der Waals surface area contributed by atoms with Crippen LogP contribution in [0.3, 0.4) is 0 Å². The van der Waals surface area contributed by atoms with Crippen molar-refractivity contribution in [2.45, 2.75) is 24.9 Å². The quantitative estimate of drug-likeness (QED) is 0.862. The molecule has 4 nitrogen and oxygen atoms in total. The van der Waals surface area contributed by atoms with Gasteiger partial charge in [-0.3, -0.25) is 4.79 Å². The monoisotopic (exact) mass is 280 g/mol. The zero-order valence-corrected chi connectivity index (χ0v) is 11.9. The summed E-state index contributed by atoms with van der Waals surface area (Å²) in [6.45, 7) is 0.627. The molecule has 1 aliphatic rings. The molecule has 1 aromatic carbocycles. The standard InChI is InChI=1S/C14H20N2O2S/c1-19-9-7-11(15)14(17)16-12-6-8-18-13-5-3-2-4-10(12)13/h2-5,11-12H,6-9,15H2,1H3,(H,16,17)/t11-,12?/m0/s1. The number of amides is 1. The maximum Gasteiger partial charge on any atom is 0.237 e. The second-order valence-corrected chi connectivity index (χ2v) is 5.61. The minimum atomic E-state index is -0.428. The normalized spacial score (nSPS) is 19.2. The van der Waals surface area contributed by atoms with Crippen molar-refractivity contribution in [3.63, 3.8) is 0 Å². The highest BCUT2D eigenvalue weighted by molar-refractivity contribution is 7.98.